The number of nitrogens with zero attached hydrogens (tertiary/aromatic N) is 5. The Hall–Kier alpha value is -3.20. The van der Waals surface area contributed by atoms with E-state index in [-0.39, 0.29) is 5.91 Å². The van der Waals surface area contributed by atoms with Crippen LogP contribution in [0.2, 0.25) is 10.0 Å². The third-order valence-corrected chi connectivity index (χ3v) is 6.10. The third kappa shape index (κ3) is 4.78. The maximum absolute atomic E-state index is 13.1. The zero-order valence-electron chi connectivity index (χ0n) is 17.5. The average Bonchev–Trinajstić information content (AvgIpc) is 3.50. The highest BCUT2D eigenvalue weighted by Crippen LogP contribution is 2.25. The van der Waals surface area contributed by atoms with Crippen LogP contribution >= 0.6 is 23.2 Å². The monoisotopic (exact) mass is 482 g/mol. The summed E-state index contributed by atoms with van der Waals surface area (Å²) in [6.07, 6.45) is 1.58. The number of piperazine rings is 1. The highest BCUT2D eigenvalue weighted by Gasteiger charge is 2.26. The molecular weight excluding hydrogens is 463 g/mol. The first-order valence-electron chi connectivity index (χ1n) is 10.5. The molecule has 0 atom stereocenters. The van der Waals surface area contributed by atoms with Gasteiger partial charge in [-0.3, -0.25) is 14.8 Å². The van der Waals surface area contributed by atoms with Crippen molar-refractivity contribution in [1.82, 2.24) is 30.1 Å². The van der Waals surface area contributed by atoms with E-state index in [0.717, 1.165) is 11.1 Å². The number of halogens is 2. The fraction of sp³-hybridized carbons (Fsp3) is 0.217. The molecule has 10 heteroatoms. The number of aromatic amines is 1. The maximum Gasteiger partial charge on any atom is 0.257 e. The van der Waals surface area contributed by atoms with Gasteiger partial charge in [-0.25, -0.2) is 0 Å². The van der Waals surface area contributed by atoms with E-state index < -0.39 is 0 Å². The van der Waals surface area contributed by atoms with E-state index in [4.69, 9.17) is 27.7 Å². The molecule has 5 rings (SSSR count). The second kappa shape index (κ2) is 9.35. The van der Waals surface area contributed by atoms with E-state index >= 15 is 0 Å². The Labute approximate surface area is 200 Å². The number of carbonyl (C=O) groups is 1. The number of carbonyl (C=O) groups excluding carboxylic acids is 1. The number of rotatable bonds is 5. The van der Waals surface area contributed by atoms with Gasteiger partial charge >= 0.3 is 0 Å². The van der Waals surface area contributed by atoms with Crippen LogP contribution in [0, 0.1) is 0 Å². The van der Waals surface area contributed by atoms with Gasteiger partial charge in [0.2, 0.25) is 11.7 Å². The standard InChI is InChI=1S/C23H20Cl2N6O2/c24-17-5-1-15(2-6-17)21-19(13-26-28-21)23(32)31-11-9-30(10-12-31)14-20-27-22(29-33-20)16-3-7-18(25)8-4-16/h1-8,13H,9-12,14H2,(H,26,28). The number of nitrogens with one attached hydrogen (secondary N) is 1. The Kier molecular flexibility index (Phi) is 6.13. The molecule has 3 heterocycles. The first-order valence-corrected chi connectivity index (χ1v) is 11.2. The van der Waals surface area contributed by atoms with Gasteiger partial charge in [-0.15, -0.1) is 0 Å². The summed E-state index contributed by atoms with van der Waals surface area (Å²) in [5, 5.41) is 12.4. The molecule has 168 valence electrons. The summed E-state index contributed by atoms with van der Waals surface area (Å²) in [5.41, 5.74) is 2.96. The van der Waals surface area contributed by atoms with E-state index in [2.05, 4.69) is 25.2 Å². The zero-order chi connectivity index (χ0) is 22.8. The van der Waals surface area contributed by atoms with Crippen molar-refractivity contribution in [1.29, 1.82) is 0 Å². The molecule has 2 aromatic carbocycles. The number of hydrogen-bond acceptors (Lipinski definition) is 6. The van der Waals surface area contributed by atoms with Crippen LogP contribution in [0.15, 0.2) is 59.3 Å². The summed E-state index contributed by atoms with van der Waals surface area (Å²) in [5.74, 6) is 1.03. The number of H-pyrrole nitrogens is 1. The minimum atomic E-state index is -0.0452. The van der Waals surface area contributed by atoms with E-state index in [9.17, 15) is 4.79 Å². The molecule has 1 amide bonds. The van der Waals surface area contributed by atoms with Crippen LogP contribution in [0.5, 0.6) is 0 Å². The molecule has 0 saturated carbocycles. The van der Waals surface area contributed by atoms with Crippen LogP contribution in [0.3, 0.4) is 0 Å². The van der Waals surface area contributed by atoms with Crippen LogP contribution < -0.4 is 0 Å². The van der Waals surface area contributed by atoms with Gasteiger partial charge in [0.15, 0.2) is 0 Å². The Morgan fingerprint density at radius 1 is 0.939 bits per heavy atom. The second-order valence-electron chi connectivity index (χ2n) is 7.75. The second-order valence-corrected chi connectivity index (χ2v) is 8.63. The SMILES string of the molecule is O=C(c1cn[nH]c1-c1ccc(Cl)cc1)N1CCN(Cc2nc(-c3ccc(Cl)cc3)no2)CC1. The van der Waals surface area contributed by atoms with Crippen molar-refractivity contribution in [3.63, 3.8) is 0 Å². The highest BCUT2D eigenvalue weighted by atomic mass is 35.5. The van der Waals surface area contributed by atoms with Crippen LogP contribution in [-0.4, -0.2) is 62.2 Å². The number of aromatic nitrogens is 4. The molecule has 8 nitrogen and oxygen atoms in total. The average molecular weight is 483 g/mol. The number of hydrogen-bond donors (Lipinski definition) is 1. The number of amides is 1. The summed E-state index contributed by atoms with van der Waals surface area (Å²) in [6.45, 7) is 3.14. The zero-order valence-corrected chi connectivity index (χ0v) is 19.1. The lowest BCUT2D eigenvalue weighted by molar-refractivity contribution is 0.0616. The molecule has 33 heavy (non-hydrogen) atoms. The van der Waals surface area contributed by atoms with E-state index in [0.29, 0.717) is 65.7 Å². The van der Waals surface area contributed by atoms with Crippen molar-refractivity contribution in [3.05, 3.63) is 76.2 Å². The lowest BCUT2D eigenvalue weighted by Gasteiger charge is -2.33. The first kappa shape index (κ1) is 21.6. The molecule has 0 bridgehead atoms. The quantitative estimate of drug-likeness (QED) is 0.453. The predicted molar refractivity (Wildman–Crippen MR) is 125 cm³/mol. The van der Waals surface area contributed by atoms with Crippen LogP contribution in [0.4, 0.5) is 0 Å². The smallest absolute Gasteiger partial charge is 0.257 e. The highest BCUT2D eigenvalue weighted by molar-refractivity contribution is 6.30. The molecule has 1 N–H and O–H groups in total. The van der Waals surface area contributed by atoms with Crippen LogP contribution in [0.1, 0.15) is 16.2 Å². The first-order chi connectivity index (χ1) is 16.1. The van der Waals surface area contributed by atoms with Crippen molar-refractivity contribution in [3.8, 4) is 22.6 Å². The minimum Gasteiger partial charge on any atom is -0.338 e. The predicted octanol–water partition coefficient (Wildman–Crippen LogP) is 4.39. The molecule has 0 radical (unpaired) electrons. The molecule has 1 aliphatic heterocycles. The molecular formula is C23H20Cl2N6O2. The lowest BCUT2D eigenvalue weighted by Crippen LogP contribution is -2.48. The molecule has 1 fully saturated rings. The molecule has 0 unspecified atom stereocenters. The lowest BCUT2D eigenvalue weighted by atomic mass is 10.1. The van der Waals surface area contributed by atoms with Gasteiger partial charge in [0.1, 0.15) is 0 Å². The topological polar surface area (TPSA) is 91.2 Å². The van der Waals surface area contributed by atoms with Crippen LogP contribution in [-0.2, 0) is 6.54 Å². The van der Waals surface area contributed by atoms with Crippen molar-refractivity contribution >= 4 is 29.1 Å². The largest absolute Gasteiger partial charge is 0.338 e. The van der Waals surface area contributed by atoms with Gasteiger partial charge in [0.05, 0.1) is 24.0 Å². The van der Waals surface area contributed by atoms with Crippen LogP contribution in [0.25, 0.3) is 22.6 Å². The molecule has 1 aliphatic rings. The molecule has 0 spiro atoms. The third-order valence-electron chi connectivity index (χ3n) is 5.59. The Bertz CT molecular complexity index is 1240. The normalized spacial score (nSPS) is 14.5. The molecule has 2 aromatic heterocycles. The van der Waals surface area contributed by atoms with Crippen molar-refractivity contribution in [2.45, 2.75) is 6.54 Å². The summed E-state index contributed by atoms with van der Waals surface area (Å²) >= 11 is 11.9. The van der Waals surface area contributed by atoms with Gasteiger partial charge in [0.25, 0.3) is 5.91 Å². The number of benzene rings is 2. The van der Waals surface area contributed by atoms with Gasteiger partial charge < -0.3 is 9.42 Å². The van der Waals surface area contributed by atoms with Crippen molar-refractivity contribution in [2.75, 3.05) is 26.2 Å². The van der Waals surface area contributed by atoms with Gasteiger partial charge in [-0.05, 0) is 36.4 Å². The van der Waals surface area contributed by atoms with Crippen molar-refractivity contribution < 1.29 is 9.32 Å². The molecule has 4 aromatic rings. The van der Waals surface area contributed by atoms with E-state index in [1.165, 1.54) is 0 Å². The molecule has 0 aliphatic carbocycles. The summed E-state index contributed by atoms with van der Waals surface area (Å²) in [6, 6.07) is 14.6. The van der Waals surface area contributed by atoms with Gasteiger partial charge in [-0.2, -0.15) is 10.1 Å². The molecule has 1 saturated heterocycles. The van der Waals surface area contributed by atoms with E-state index in [1.54, 1.807) is 30.5 Å². The summed E-state index contributed by atoms with van der Waals surface area (Å²) in [7, 11) is 0. The Balaban J connectivity index is 1.20. The minimum absolute atomic E-state index is 0.0452. The van der Waals surface area contributed by atoms with E-state index in [1.807, 2.05) is 29.2 Å². The fourth-order valence-corrected chi connectivity index (χ4v) is 4.04. The van der Waals surface area contributed by atoms with Crippen molar-refractivity contribution in [2.24, 2.45) is 0 Å². The Morgan fingerprint density at radius 2 is 1.58 bits per heavy atom. The summed E-state index contributed by atoms with van der Waals surface area (Å²) < 4.78 is 5.42. The van der Waals surface area contributed by atoms with Gasteiger partial charge in [0, 0.05) is 47.4 Å². The summed E-state index contributed by atoms with van der Waals surface area (Å²) in [4.78, 5) is 21.7. The fourth-order valence-electron chi connectivity index (χ4n) is 3.79. The Morgan fingerprint density at radius 3 is 2.24 bits per heavy atom. The maximum atomic E-state index is 13.1. The van der Waals surface area contributed by atoms with Gasteiger partial charge in [-0.1, -0.05) is 40.5 Å².